The smallest absolute Gasteiger partial charge is 0.119 e. The predicted octanol–water partition coefficient (Wildman–Crippen LogP) is 3.40. The molecular formula is C17H20N2O. The van der Waals surface area contributed by atoms with Gasteiger partial charge >= 0.3 is 0 Å². The maximum atomic E-state index is 6.11. The van der Waals surface area contributed by atoms with Crippen molar-refractivity contribution in [2.24, 2.45) is 5.73 Å². The lowest BCUT2D eigenvalue weighted by Gasteiger charge is -2.29. The molecule has 2 atom stereocenters. The van der Waals surface area contributed by atoms with Crippen molar-refractivity contribution in [3.63, 3.8) is 0 Å². The number of pyridine rings is 1. The Bertz CT molecular complexity index is 539. The van der Waals surface area contributed by atoms with Crippen LogP contribution in [0.5, 0.6) is 5.75 Å². The van der Waals surface area contributed by atoms with E-state index in [4.69, 9.17) is 10.5 Å². The van der Waals surface area contributed by atoms with E-state index in [1.165, 1.54) is 12.8 Å². The van der Waals surface area contributed by atoms with Crippen LogP contribution < -0.4 is 10.5 Å². The second kappa shape index (κ2) is 6.06. The first-order valence-corrected chi connectivity index (χ1v) is 7.26. The molecular weight excluding hydrogens is 248 g/mol. The van der Waals surface area contributed by atoms with Crippen LogP contribution in [0, 0.1) is 0 Å². The number of rotatable bonds is 3. The Balaban J connectivity index is 1.70. The number of hydrogen-bond donors (Lipinski definition) is 1. The van der Waals surface area contributed by atoms with Crippen LogP contribution in [0.15, 0.2) is 48.7 Å². The van der Waals surface area contributed by atoms with Crippen LogP contribution in [0.2, 0.25) is 0 Å². The van der Waals surface area contributed by atoms with Crippen molar-refractivity contribution < 1.29 is 4.74 Å². The summed E-state index contributed by atoms with van der Waals surface area (Å²) in [5.74, 6) is 0.895. The minimum atomic E-state index is 0.157. The molecule has 2 aromatic rings. The van der Waals surface area contributed by atoms with Gasteiger partial charge in [0.25, 0.3) is 0 Å². The molecule has 1 fully saturated rings. The molecule has 0 bridgehead atoms. The molecule has 0 saturated heterocycles. The molecule has 0 spiro atoms. The van der Waals surface area contributed by atoms with Gasteiger partial charge in [0.2, 0.25) is 0 Å². The summed E-state index contributed by atoms with van der Waals surface area (Å²) in [4.78, 5) is 4.35. The fourth-order valence-corrected chi connectivity index (χ4v) is 2.68. The summed E-state index contributed by atoms with van der Waals surface area (Å²) < 4.78 is 6.01. The number of nitrogens with two attached hydrogens (primary N) is 1. The van der Waals surface area contributed by atoms with E-state index in [1.54, 1.807) is 6.20 Å². The van der Waals surface area contributed by atoms with Crippen LogP contribution >= 0.6 is 0 Å². The maximum Gasteiger partial charge on any atom is 0.119 e. The maximum absolute atomic E-state index is 6.11. The largest absolute Gasteiger partial charge is 0.489 e. The highest BCUT2D eigenvalue weighted by atomic mass is 16.5. The predicted molar refractivity (Wildman–Crippen MR) is 80.5 cm³/mol. The van der Waals surface area contributed by atoms with Crippen LogP contribution in [-0.2, 0) is 0 Å². The third-order valence-corrected chi connectivity index (χ3v) is 3.86. The molecule has 3 heteroatoms. The quantitative estimate of drug-likeness (QED) is 0.928. The Kier molecular flexibility index (Phi) is 3.97. The summed E-state index contributed by atoms with van der Waals surface area (Å²) >= 11 is 0. The van der Waals surface area contributed by atoms with Crippen LogP contribution in [0.1, 0.15) is 25.7 Å². The topological polar surface area (TPSA) is 48.1 Å². The Morgan fingerprint density at radius 3 is 2.50 bits per heavy atom. The fourth-order valence-electron chi connectivity index (χ4n) is 2.68. The lowest BCUT2D eigenvalue weighted by molar-refractivity contribution is 0.132. The molecule has 3 rings (SSSR count). The average Bonchev–Trinajstić information content (AvgIpc) is 2.51. The van der Waals surface area contributed by atoms with Crippen molar-refractivity contribution in [3.8, 4) is 17.0 Å². The number of nitrogens with zero attached hydrogens (tertiary/aromatic N) is 1. The first-order chi connectivity index (χ1) is 9.83. The molecule has 1 saturated carbocycles. The molecule has 1 aliphatic carbocycles. The molecule has 1 aromatic carbocycles. The van der Waals surface area contributed by atoms with Gasteiger partial charge in [0, 0.05) is 17.8 Å². The third kappa shape index (κ3) is 2.99. The first-order valence-electron chi connectivity index (χ1n) is 7.26. The van der Waals surface area contributed by atoms with E-state index in [0.29, 0.717) is 0 Å². The molecule has 0 aliphatic heterocycles. The van der Waals surface area contributed by atoms with Crippen LogP contribution in [0.3, 0.4) is 0 Å². The van der Waals surface area contributed by atoms with Crippen LogP contribution in [0.4, 0.5) is 0 Å². The van der Waals surface area contributed by atoms with Crippen molar-refractivity contribution >= 4 is 0 Å². The number of aromatic nitrogens is 1. The standard InChI is InChI=1S/C17H20N2O/c18-15-5-1-2-7-17(15)20-14-10-8-13(9-11-14)16-6-3-4-12-19-16/h3-4,6,8-12,15,17H,1-2,5,7,18H2. The zero-order valence-electron chi connectivity index (χ0n) is 11.5. The molecule has 3 nitrogen and oxygen atoms in total. The fraction of sp³-hybridized carbons (Fsp3) is 0.353. The molecule has 20 heavy (non-hydrogen) atoms. The number of hydrogen-bond acceptors (Lipinski definition) is 3. The average molecular weight is 268 g/mol. The summed E-state index contributed by atoms with van der Waals surface area (Å²) in [6.45, 7) is 0. The van der Waals surface area contributed by atoms with Gasteiger partial charge in [-0.05, 0) is 55.7 Å². The highest BCUT2D eigenvalue weighted by Crippen LogP contribution is 2.25. The normalized spacial score (nSPS) is 22.4. The Morgan fingerprint density at radius 2 is 1.80 bits per heavy atom. The van der Waals surface area contributed by atoms with E-state index in [0.717, 1.165) is 29.8 Å². The van der Waals surface area contributed by atoms with E-state index < -0.39 is 0 Å². The van der Waals surface area contributed by atoms with E-state index in [-0.39, 0.29) is 12.1 Å². The van der Waals surface area contributed by atoms with Crippen molar-refractivity contribution in [2.75, 3.05) is 0 Å². The molecule has 2 N–H and O–H groups in total. The van der Waals surface area contributed by atoms with E-state index in [2.05, 4.69) is 4.98 Å². The van der Waals surface area contributed by atoms with Gasteiger partial charge in [-0.2, -0.15) is 0 Å². The van der Waals surface area contributed by atoms with E-state index in [1.807, 2.05) is 42.5 Å². The summed E-state index contributed by atoms with van der Waals surface area (Å²) in [6.07, 6.45) is 6.52. The first kappa shape index (κ1) is 13.1. The molecule has 2 unspecified atom stereocenters. The summed E-state index contributed by atoms with van der Waals surface area (Å²) in [5, 5.41) is 0. The van der Waals surface area contributed by atoms with Gasteiger partial charge in [-0.15, -0.1) is 0 Å². The van der Waals surface area contributed by atoms with Crippen molar-refractivity contribution in [3.05, 3.63) is 48.7 Å². The monoisotopic (exact) mass is 268 g/mol. The van der Waals surface area contributed by atoms with Gasteiger partial charge < -0.3 is 10.5 Å². The highest BCUT2D eigenvalue weighted by molar-refractivity contribution is 5.59. The van der Waals surface area contributed by atoms with Gasteiger partial charge in [0.15, 0.2) is 0 Å². The van der Waals surface area contributed by atoms with Crippen LogP contribution in [-0.4, -0.2) is 17.1 Å². The molecule has 0 amide bonds. The molecule has 1 heterocycles. The second-order valence-electron chi connectivity index (χ2n) is 5.34. The van der Waals surface area contributed by atoms with Crippen LogP contribution in [0.25, 0.3) is 11.3 Å². The van der Waals surface area contributed by atoms with Gasteiger partial charge in [-0.3, -0.25) is 4.98 Å². The Morgan fingerprint density at radius 1 is 1.00 bits per heavy atom. The molecule has 1 aliphatic rings. The summed E-state index contributed by atoms with van der Waals surface area (Å²) in [7, 11) is 0. The third-order valence-electron chi connectivity index (χ3n) is 3.86. The van der Waals surface area contributed by atoms with Crippen molar-refractivity contribution in [2.45, 2.75) is 37.8 Å². The second-order valence-corrected chi connectivity index (χ2v) is 5.34. The molecule has 104 valence electrons. The number of ether oxygens (including phenoxy) is 1. The van der Waals surface area contributed by atoms with Gasteiger partial charge in [-0.25, -0.2) is 0 Å². The minimum absolute atomic E-state index is 0.157. The van der Waals surface area contributed by atoms with Gasteiger partial charge in [-0.1, -0.05) is 12.5 Å². The number of benzene rings is 1. The SMILES string of the molecule is NC1CCCCC1Oc1ccc(-c2ccccn2)cc1. The lowest BCUT2D eigenvalue weighted by Crippen LogP contribution is -2.41. The zero-order chi connectivity index (χ0) is 13.8. The highest BCUT2D eigenvalue weighted by Gasteiger charge is 2.23. The molecule has 1 aromatic heterocycles. The Hall–Kier alpha value is -1.87. The summed E-state index contributed by atoms with van der Waals surface area (Å²) in [6, 6.07) is 14.2. The zero-order valence-corrected chi connectivity index (χ0v) is 11.5. The minimum Gasteiger partial charge on any atom is -0.489 e. The lowest BCUT2D eigenvalue weighted by atomic mass is 9.93. The molecule has 0 radical (unpaired) electrons. The van der Waals surface area contributed by atoms with Gasteiger partial charge in [0.05, 0.1) is 5.69 Å². The van der Waals surface area contributed by atoms with E-state index >= 15 is 0 Å². The van der Waals surface area contributed by atoms with Crippen molar-refractivity contribution in [1.29, 1.82) is 0 Å². The van der Waals surface area contributed by atoms with Crippen molar-refractivity contribution in [1.82, 2.24) is 4.98 Å². The van der Waals surface area contributed by atoms with Gasteiger partial charge in [0.1, 0.15) is 11.9 Å². The Labute approximate surface area is 119 Å². The summed E-state index contributed by atoms with van der Waals surface area (Å²) in [5.41, 5.74) is 8.20. The van der Waals surface area contributed by atoms with E-state index in [9.17, 15) is 0 Å².